The number of carbonyl (C=O) groups excluding carboxylic acids is 2. The second-order valence-electron chi connectivity index (χ2n) is 4.63. The van der Waals surface area contributed by atoms with Gasteiger partial charge in [0.15, 0.2) is 0 Å². The van der Waals surface area contributed by atoms with Gasteiger partial charge in [-0.1, -0.05) is 0 Å². The van der Waals surface area contributed by atoms with E-state index in [4.69, 9.17) is 9.52 Å². The molecule has 1 N–H and O–H groups in total. The molecule has 2 aromatic rings. The summed E-state index contributed by atoms with van der Waals surface area (Å²) in [6, 6.07) is 3.85. The van der Waals surface area contributed by atoms with Crippen LogP contribution >= 0.6 is 0 Å². The van der Waals surface area contributed by atoms with Crippen molar-refractivity contribution >= 4 is 17.8 Å². The summed E-state index contributed by atoms with van der Waals surface area (Å²) in [4.78, 5) is 40.3. The van der Waals surface area contributed by atoms with Crippen molar-refractivity contribution in [2.45, 2.75) is 13.5 Å². The van der Waals surface area contributed by atoms with Crippen LogP contribution < -0.4 is 0 Å². The van der Waals surface area contributed by atoms with Crippen molar-refractivity contribution in [3.05, 3.63) is 52.7 Å². The number of aryl methyl sites for hydroxylation is 1. The van der Waals surface area contributed by atoms with Gasteiger partial charge in [-0.15, -0.1) is 0 Å². The molecule has 1 aliphatic rings. The average Bonchev–Trinajstić information content (AvgIpc) is 2.96. The van der Waals surface area contributed by atoms with E-state index in [2.05, 4.69) is 4.98 Å². The van der Waals surface area contributed by atoms with Gasteiger partial charge in [-0.2, -0.15) is 0 Å². The third kappa shape index (κ3) is 2.08. The van der Waals surface area contributed by atoms with E-state index in [0.29, 0.717) is 5.76 Å². The minimum atomic E-state index is -1.15. The molecule has 3 rings (SSSR count). The molecular weight excluding hydrogens is 276 g/mol. The minimum Gasteiger partial charge on any atom is -0.478 e. The van der Waals surface area contributed by atoms with Crippen LogP contribution in [0.1, 0.15) is 42.7 Å². The second-order valence-corrected chi connectivity index (χ2v) is 4.63. The highest BCUT2D eigenvalue weighted by Gasteiger charge is 2.36. The Hall–Kier alpha value is -2.96. The molecule has 1 aliphatic heterocycles. The molecular formula is C14H10N2O5. The van der Waals surface area contributed by atoms with Gasteiger partial charge in [-0.25, -0.2) is 9.78 Å². The Labute approximate surface area is 118 Å². The van der Waals surface area contributed by atoms with E-state index in [1.54, 1.807) is 6.92 Å². The zero-order valence-electron chi connectivity index (χ0n) is 11.0. The molecule has 106 valence electrons. The number of aromatic nitrogens is 1. The number of rotatable bonds is 3. The molecule has 0 fully saturated rings. The second kappa shape index (κ2) is 4.55. The predicted molar refractivity (Wildman–Crippen MR) is 68.8 cm³/mol. The van der Waals surface area contributed by atoms with Gasteiger partial charge in [-0.05, 0) is 25.1 Å². The van der Waals surface area contributed by atoms with Crippen LogP contribution in [-0.2, 0) is 6.54 Å². The third-order valence-corrected chi connectivity index (χ3v) is 3.18. The number of carboxylic acids is 1. The topological polar surface area (TPSA) is 101 Å². The Morgan fingerprint density at radius 3 is 2.62 bits per heavy atom. The fraction of sp³-hybridized carbons (Fsp3) is 0.143. The summed E-state index contributed by atoms with van der Waals surface area (Å²) in [5.74, 6) is -1.35. The van der Waals surface area contributed by atoms with Gasteiger partial charge in [0.2, 0.25) is 5.89 Å². The number of hydrogen-bond donors (Lipinski definition) is 1. The SMILES string of the molecule is Cc1cnc(CN2C(=O)c3ccc(C(=O)O)cc3C2=O)o1. The Kier molecular flexibility index (Phi) is 2.83. The number of aromatic carboxylic acids is 1. The number of oxazole rings is 1. The van der Waals surface area contributed by atoms with E-state index in [1.165, 1.54) is 24.4 Å². The Bertz CT molecular complexity index is 777. The number of benzene rings is 1. The van der Waals surface area contributed by atoms with E-state index in [-0.39, 0.29) is 29.1 Å². The number of fused-ring (bicyclic) bond motifs is 1. The van der Waals surface area contributed by atoms with Crippen molar-refractivity contribution in [3.63, 3.8) is 0 Å². The lowest BCUT2D eigenvalue weighted by atomic mass is 10.1. The number of amides is 2. The van der Waals surface area contributed by atoms with Gasteiger partial charge >= 0.3 is 5.97 Å². The molecule has 2 amide bonds. The van der Waals surface area contributed by atoms with E-state index in [0.717, 1.165) is 4.90 Å². The van der Waals surface area contributed by atoms with E-state index in [9.17, 15) is 14.4 Å². The molecule has 1 aromatic heterocycles. The van der Waals surface area contributed by atoms with Gasteiger partial charge in [0.1, 0.15) is 12.3 Å². The van der Waals surface area contributed by atoms with Crippen LogP contribution in [0.15, 0.2) is 28.8 Å². The smallest absolute Gasteiger partial charge is 0.335 e. The van der Waals surface area contributed by atoms with Crippen molar-refractivity contribution in [1.82, 2.24) is 9.88 Å². The first-order chi connectivity index (χ1) is 9.97. The lowest BCUT2D eigenvalue weighted by Crippen LogP contribution is -2.29. The maximum Gasteiger partial charge on any atom is 0.335 e. The standard InChI is InChI=1S/C14H10N2O5/c1-7-5-15-11(21-7)6-16-12(17)9-3-2-8(14(19)20)4-10(9)13(16)18/h2-5H,6H2,1H3,(H,19,20). The number of carboxylic acid groups (broad SMARTS) is 1. The quantitative estimate of drug-likeness (QED) is 0.857. The fourth-order valence-electron chi connectivity index (χ4n) is 2.18. The molecule has 2 heterocycles. The summed E-state index contributed by atoms with van der Waals surface area (Å²) < 4.78 is 5.25. The lowest BCUT2D eigenvalue weighted by molar-refractivity contribution is 0.0627. The molecule has 0 radical (unpaired) electrons. The Balaban J connectivity index is 1.94. The zero-order chi connectivity index (χ0) is 15.1. The highest BCUT2D eigenvalue weighted by molar-refractivity contribution is 6.21. The van der Waals surface area contributed by atoms with Crippen molar-refractivity contribution in [2.24, 2.45) is 0 Å². The number of nitrogens with zero attached hydrogens (tertiary/aromatic N) is 2. The predicted octanol–water partition coefficient (Wildman–Crippen LogP) is 1.48. The summed E-state index contributed by atoms with van der Waals surface area (Å²) in [7, 11) is 0. The Morgan fingerprint density at radius 1 is 1.29 bits per heavy atom. The van der Waals surface area contributed by atoms with Gasteiger partial charge in [0.05, 0.1) is 22.9 Å². The molecule has 7 heteroatoms. The highest BCUT2D eigenvalue weighted by Crippen LogP contribution is 2.25. The third-order valence-electron chi connectivity index (χ3n) is 3.18. The minimum absolute atomic E-state index is 0.0382. The van der Waals surface area contributed by atoms with Gasteiger partial charge < -0.3 is 9.52 Å². The van der Waals surface area contributed by atoms with Crippen molar-refractivity contribution in [1.29, 1.82) is 0 Å². The number of carbonyl (C=O) groups is 3. The molecule has 7 nitrogen and oxygen atoms in total. The zero-order valence-corrected chi connectivity index (χ0v) is 11.0. The van der Waals surface area contributed by atoms with Crippen LogP contribution in [0.5, 0.6) is 0 Å². The summed E-state index contributed by atoms with van der Waals surface area (Å²) in [5, 5.41) is 8.94. The monoisotopic (exact) mass is 286 g/mol. The van der Waals surface area contributed by atoms with E-state index in [1.807, 2.05) is 0 Å². The van der Waals surface area contributed by atoms with Crippen LogP contribution in [0, 0.1) is 6.92 Å². The Morgan fingerprint density at radius 2 is 2.00 bits per heavy atom. The number of hydrogen-bond acceptors (Lipinski definition) is 5. The van der Waals surface area contributed by atoms with Crippen LogP contribution in [0.4, 0.5) is 0 Å². The van der Waals surface area contributed by atoms with E-state index < -0.39 is 17.8 Å². The van der Waals surface area contributed by atoms with Gasteiger partial charge in [-0.3, -0.25) is 14.5 Å². The normalized spacial score (nSPS) is 13.7. The summed E-state index contributed by atoms with van der Waals surface area (Å²) in [6.45, 7) is 1.63. The first-order valence-electron chi connectivity index (χ1n) is 6.12. The summed E-state index contributed by atoms with van der Waals surface area (Å²) in [6.07, 6.45) is 1.50. The molecule has 0 atom stereocenters. The molecule has 0 unspecified atom stereocenters. The summed E-state index contributed by atoms with van der Waals surface area (Å²) >= 11 is 0. The van der Waals surface area contributed by atoms with Crippen LogP contribution in [-0.4, -0.2) is 32.8 Å². The largest absolute Gasteiger partial charge is 0.478 e. The van der Waals surface area contributed by atoms with Crippen molar-refractivity contribution in [2.75, 3.05) is 0 Å². The highest BCUT2D eigenvalue weighted by atomic mass is 16.4. The maximum atomic E-state index is 12.2. The molecule has 0 saturated carbocycles. The van der Waals surface area contributed by atoms with Crippen molar-refractivity contribution < 1.29 is 23.9 Å². The molecule has 0 bridgehead atoms. The van der Waals surface area contributed by atoms with Crippen LogP contribution in [0.2, 0.25) is 0 Å². The average molecular weight is 286 g/mol. The molecule has 0 saturated heterocycles. The maximum absolute atomic E-state index is 12.2. The first-order valence-corrected chi connectivity index (χ1v) is 6.12. The number of imide groups is 1. The molecule has 0 aliphatic carbocycles. The molecule has 1 aromatic carbocycles. The first kappa shape index (κ1) is 13.0. The summed E-state index contributed by atoms with van der Waals surface area (Å²) in [5.41, 5.74) is 0.236. The van der Waals surface area contributed by atoms with Crippen LogP contribution in [0.25, 0.3) is 0 Å². The molecule has 0 spiro atoms. The lowest BCUT2D eigenvalue weighted by Gasteiger charge is -2.10. The van der Waals surface area contributed by atoms with Crippen LogP contribution in [0.3, 0.4) is 0 Å². The van der Waals surface area contributed by atoms with Gasteiger partial charge in [0, 0.05) is 0 Å². The molecule has 21 heavy (non-hydrogen) atoms. The van der Waals surface area contributed by atoms with Crippen molar-refractivity contribution in [3.8, 4) is 0 Å². The van der Waals surface area contributed by atoms with Gasteiger partial charge in [0.25, 0.3) is 11.8 Å². The van der Waals surface area contributed by atoms with E-state index >= 15 is 0 Å². The fourth-order valence-corrected chi connectivity index (χ4v) is 2.18.